The van der Waals surface area contributed by atoms with Crippen LogP contribution >= 0.6 is 0 Å². The lowest BCUT2D eigenvalue weighted by Gasteiger charge is -2.27. The Labute approximate surface area is 220 Å². The minimum atomic E-state index is -3.70. The first-order valence-corrected chi connectivity index (χ1v) is 14.4. The Hall–Kier alpha value is -2.99. The average Bonchev–Trinajstić information content (AvgIpc) is 3.20. The Balaban J connectivity index is 1.57. The third-order valence-corrected chi connectivity index (χ3v) is 8.10. The molecule has 5 rings (SSSR count). The molecule has 2 aromatic carbocycles. The number of nitrogens with one attached hydrogen (secondary N) is 1. The predicted octanol–water partition coefficient (Wildman–Crippen LogP) is 4.02. The number of sulfonamides is 1. The maximum atomic E-state index is 13.6. The van der Waals surface area contributed by atoms with Gasteiger partial charge in [-0.15, -0.1) is 0 Å². The smallest absolute Gasteiger partial charge is 0.255 e. The van der Waals surface area contributed by atoms with Crippen molar-refractivity contribution in [3.05, 3.63) is 53.3 Å². The summed E-state index contributed by atoms with van der Waals surface area (Å²) in [4.78, 5) is 13.0. The van der Waals surface area contributed by atoms with Gasteiger partial charge in [-0.05, 0) is 50.1 Å². The Morgan fingerprint density at radius 3 is 2.55 bits per heavy atom. The molecule has 1 fully saturated rings. The Kier molecular flexibility index (Phi) is 7.45. The van der Waals surface area contributed by atoms with Crippen LogP contribution in [0, 0.1) is 5.82 Å². The third-order valence-electron chi connectivity index (χ3n) is 6.96. The van der Waals surface area contributed by atoms with E-state index in [-0.39, 0.29) is 36.5 Å². The van der Waals surface area contributed by atoms with E-state index in [1.807, 2.05) is 6.92 Å². The van der Waals surface area contributed by atoms with Crippen LogP contribution in [-0.4, -0.2) is 66.2 Å². The number of anilines is 1. The molecule has 2 atom stereocenters. The molecule has 0 aliphatic carbocycles. The highest BCUT2D eigenvalue weighted by molar-refractivity contribution is 7.92. The number of carbonyl (C=O) groups excluding carboxylic acids is 1. The SMILES string of the molecule is CNC(=O)c1c(-c2ccc(F)cc2)oc2cc3c(cc12)[C@H](C)O[C@H](COC1CCOCC1)CN3S(C)(=O)=O. The van der Waals surface area contributed by atoms with E-state index in [9.17, 15) is 17.6 Å². The molecule has 1 amide bonds. The van der Waals surface area contributed by atoms with E-state index in [1.165, 1.54) is 35.6 Å². The van der Waals surface area contributed by atoms with Gasteiger partial charge in [0.25, 0.3) is 5.91 Å². The van der Waals surface area contributed by atoms with Crippen LogP contribution < -0.4 is 9.62 Å². The average molecular weight is 547 g/mol. The topological polar surface area (TPSA) is 107 Å². The van der Waals surface area contributed by atoms with Gasteiger partial charge in [-0.3, -0.25) is 9.10 Å². The fourth-order valence-electron chi connectivity index (χ4n) is 5.03. The summed E-state index contributed by atoms with van der Waals surface area (Å²) in [6.45, 7) is 3.43. The molecule has 0 spiro atoms. The molecule has 11 heteroatoms. The Morgan fingerprint density at radius 2 is 1.89 bits per heavy atom. The summed E-state index contributed by atoms with van der Waals surface area (Å²) in [6, 6.07) is 9.01. The van der Waals surface area contributed by atoms with Gasteiger partial charge in [0.2, 0.25) is 10.0 Å². The van der Waals surface area contributed by atoms with Crippen LogP contribution in [-0.2, 0) is 24.2 Å². The molecule has 0 unspecified atom stereocenters. The first kappa shape index (κ1) is 26.6. The van der Waals surface area contributed by atoms with Crippen LogP contribution in [0.25, 0.3) is 22.3 Å². The number of benzene rings is 2. The molecular weight excluding hydrogens is 515 g/mol. The van der Waals surface area contributed by atoms with Crippen LogP contribution in [0.2, 0.25) is 0 Å². The number of halogens is 1. The highest BCUT2D eigenvalue weighted by Crippen LogP contribution is 2.42. The van der Waals surface area contributed by atoms with Crippen LogP contribution in [0.3, 0.4) is 0 Å². The fourth-order valence-corrected chi connectivity index (χ4v) is 5.98. The van der Waals surface area contributed by atoms with Crippen molar-refractivity contribution in [3.8, 4) is 11.3 Å². The zero-order valence-electron chi connectivity index (χ0n) is 21.5. The molecule has 1 N–H and O–H groups in total. The van der Waals surface area contributed by atoms with Crippen LogP contribution in [0.15, 0.2) is 40.8 Å². The molecule has 38 heavy (non-hydrogen) atoms. The second-order valence-electron chi connectivity index (χ2n) is 9.64. The second-order valence-corrected chi connectivity index (χ2v) is 11.5. The van der Waals surface area contributed by atoms with Crippen molar-refractivity contribution in [1.29, 1.82) is 0 Å². The lowest BCUT2D eigenvalue weighted by atomic mass is 10.0. The Morgan fingerprint density at radius 1 is 1.18 bits per heavy atom. The Bertz CT molecular complexity index is 1430. The summed E-state index contributed by atoms with van der Waals surface area (Å²) in [5.41, 5.74) is 2.15. The first-order valence-electron chi connectivity index (χ1n) is 12.6. The fraction of sp³-hybridized carbons (Fsp3) is 0.444. The zero-order chi connectivity index (χ0) is 27.0. The number of hydrogen-bond donors (Lipinski definition) is 1. The van der Waals surface area contributed by atoms with Crippen molar-refractivity contribution in [2.45, 2.75) is 38.1 Å². The minimum absolute atomic E-state index is 0.0438. The summed E-state index contributed by atoms with van der Waals surface area (Å²) in [7, 11) is -2.18. The second kappa shape index (κ2) is 10.6. The summed E-state index contributed by atoms with van der Waals surface area (Å²) in [5, 5.41) is 3.14. The molecule has 2 aliphatic rings. The summed E-state index contributed by atoms with van der Waals surface area (Å²) < 4.78 is 64.7. The van der Waals surface area contributed by atoms with Crippen LogP contribution in [0.4, 0.5) is 10.1 Å². The highest BCUT2D eigenvalue weighted by atomic mass is 32.2. The minimum Gasteiger partial charge on any atom is -0.455 e. The molecule has 0 saturated carbocycles. The van der Waals surface area contributed by atoms with Crippen LogP contribution in [0.1, 0.15) is 41.8 Å². The van der Waals surface area contributed by atoms with E-state index in [4.69, 9.17) is 18.6 Å². The molecule has 1 saturated heterocycles. The molecule has 1 aromatic heterocycles. The largest absolute Gasteiger partial charge is 0.455 e. The summed E-state index contributed by atoms with van der Waals surface area (Å²) in [6.07, 6.45) is 1.76. The van der Waals surface area contributed by atoms with Gasteiger partial charge >= 0.3 is 0 Å². The number of ether oxygens (including phenoxy) is 3. The number of carbonyl (C=O) groups is 1. The van der Waals surface area contributed by atoms with Gasteiger partial charge in [0.05, 0.1) is 42.9 Å². The number of nitrogens with zero attached hydrogens (tertiary/aromatic N) is 1. The van der Waals surface area contributed by atoms with Crippen molar-refractivity contribution in [3.63, 3.8) is 0 Å². The molecular formula is C27H31FN2O7S. The van der Waals surface area contributed by atoms with Gasteiger partial charge in [0, 0.05) is 42.8 Å². The van der Waals surface area contributed by atoms with Crippen molar-refractivity contribution in [2.24, 2.45) is 0 Å². The molecule has 0 radical (unpaired) electrons. The molecule has 9 nitrogen and oxygen atoms in total. The summed E-state index contributed by atoms with van der Waals surface area (Å²) >= 11 is 0. The van der Waals surface area contributed by atoms with Crippen LogP contribution in [0.5, 0.6) is 0 Å². The van der Waals surface area contributed by atoms with Gasteiger partial charge in [-0.2, -0.15) is 0 Å². The maximum Gasteiger partial charge on any atom is 0.255 e. The molecule has 204 valence electrons. The quantitative estimate of drug-likeness (QED) is 0.498. The highest BCUT2D eigenvalue weighted by Gasteiger charge is 2.34. The lowest BCUT2D eigenvalue weighted by molar-refractivity contribution is -0.0876. The van der Waals surface area contributed by atoms with Gasteiger partial charge < -0.3 is 23.9 Å². The van der Waals surface area contributed by atoms with Crippen molar-refractivity contribution in [1.82, 2.24) is 5.32 Å². The lowest BCUT2D eigenvalue weighted by Crippen LogP contribution is -2.39. The van der Waals surface area contributed by atoms with Gasteiger partial charge in [0.1, 0.15) is 23.3 Å². The number of fused-ring (bicyclic) bond motifs is 2. The van der Waals surface area contributed by atoms with E-state index in [1.54, 1.807) is 12.1 Å². The standard InChI is InChI=1S/C27H31FN2O7S/c1-16-21-12-22-24(37-26(25(22)27(31)29-2)17-4-6-18(28)7-5-17)13-23(21)30(38(3,32)33)14-20(36-16)15-35-19-8-10-34-11-9-19/h4-7,12-13,16,19-20H,8-11,14-15H2,1-3H3,(H,29,31)/t16-,20-/m0/s1. The van der Waals surface area contributed by atoms with Crippen molar-refractivity contribution >= 4 is 32.6 Å². The number of amides is 1. The van der Waals surface area contributed by atoms with E-state index < -0.39 is 28.0 Å². The zero-order valence-corrected chi connectivity index (χ0v) is 22.3. The molecule has 3 heterocycles. The van der Waals surface area contributed by atoms with Gasteiger partial charge in [0.15, 0.2) is 0 Å². The van der Waals surface area contributed by atoms with E-state index in [2.05, 4.69) is 5.32 Å². The van der Waals surface area contributed by atoms with E-state index in [0.29, 0.717) is 41.0 Å². The summed E-state index contributed by atoms with van der Waals surface area (Å²) in [5.74, 6) is -0.530. The van der Waals surface area contributed by atoms with Crippen molar-refractivity contribution < 1.29 is 36.2 Å². The molecule has 2 aliphatic heterocycles. The number of hydrogen-bond acceptors (Lipinski definition) is 7. The van der Waals surface area contributed by atoms with Crippen molar-refractivity contribution in [2.75, 3.05) is 44.0 Å². The number of rotatable bonds is 6. The van der Waals surface area contributed by atoms with E-state index in [0.717, 1.165) is 19.1 Å². The van der Waals surface area contributed by atoms with Gasteiger partial charge in [-0.1, -0.05) is 0 Å². The van der Waals surface area contributed by atoms with Gasteiger partial charge in [-0.25, -0.2) is 12.8 Å². The monoisotopic (exact) mass is 546 g/mol. The number of furan rings is 1. The van der Waals surface area contributed by atoms with E-state index >= 15 is 0 Å². The molecule has 3 aromatic rings. The maximum absolute atomic E-state index is 13.6. The predicted molar refractivity (Wildman–Crippen MR) is 140 cm³/mol. The third kappa shape index (κ3) is 5.28. The molecule has 0 bridgehead atoms. The first-order chi connectivity index (χ1) is 18.2. The normalized spacial score (nSPS) is 20.8.